The second-order valence-electron chi connectivity index (χ2n) is 8.15. The summed E-state index contributed by atoms with van der Waals surface area (Å²) in [6.45, 7) is 4.20. The van der Waals surface area contributed by atoms with Crippen molar-refractivity contribution in [1.29, 1.82) is 0 Å². The summed E-state index contributed by atoms with van der Waals surface area (Å²) in [6, 6.07) is 12.9. The highest BCUT2D eigenvalue weighted by Gasteiger charge is 2.21. The van der Waals surface area contributed by atoms with E-state index in [1.807, 2.05) is 44.2 Å². The summed E-state index contributed by atoms with van der Waals surface area (Å²) in [4.78, 5) is 18.5. The lowest BCUT2D eigenvalue weighted by atomic mass is 10.1. The first kappa shape index (κ1) is 25.2. The van der Waals surface area contributed by atoms with Gasteiger partial charge in [0.05, 0.1) is 25.6 Å². The fraction of sp³-hybridized carbons (Fsp3) is 0.375. The number of carbonyl (C=O) groups excluding carboxylic acids is 1. The lowest BCUT2D eigenvalue weighted by Crippen LogP contribution is -2.33. The van der Waals surface area contributed by atoms with Gasteiger partial charge < -0.3 is 14.2 Å². The fourth-order valence-electron chi connectivity index (χ4n) is 3.53. The average Bonchev–Trinajstić information content (AvgIpc) is 3.26. The molecule has 0 spiro atoms. The van der Waals surface area contributed by atoms with E-state index in [1.165, 1.54) is 15.5 Å². The number of hydrogen-bond acceptors (Lipinski definition) is 7. The van der Waals surface area contributed by atoms with Crippen LogP contribution >= 0.6 is 0 Å². The zero-order valence-electron chi connectivity index (χ0n) is 20.1. The maximum Gasteiger partial charge on any atom is 0.246 e. The monoisotopic (exact) mass is 486 g/mol. The predicted octanol–water partition coefficient (Wildman–Crippen LogP) is 3.57. The van der Waals surface area contributed by atoms with Crippen LogP contribution in [0.1, 0.15) is 29.9 Å². The average molecular weight is 487 g/mol. The zero-order valence-corrected chi connectivity index (χ0v) is 20.9. The minimum atomic E-state index is -3.49. The number of carbonyl (C=O) groups is 1. The lowest BCUT2D eigenvalue weighted by Gasteiger charge is -2.25. The van der Waals surface area contributed by atoms with Crippen LogP contribution < -0.4 is 9.04 Å². The molecule has 182 valence electrons. The molecule has 1 heterocycles. The van der Waals surface area contributed by atoms with E-state index in [9.17, 15) is 13.2 Å². The molecule has 2 aromatic carbocycles. The van der Waals surface area contributed by atoms with Gasteiger partial charge in [-0.25, -0.2) is 8.42 Å². The van der Waals surface area contributed by atoms with Gasteiger partial charge >= 0.3 is 0 Å². The Bertz CT molecular complexity index is 1260. The van der Waals surface area contributed by atoms with Crippen molar-refractivity contribution >= 4 is 21.6 Å². The number of aromatic nitrogens is 2. The van der Waals surface area contributed by atoms with Crippen LogP contribution in [0.25, 0.3) is 11.4 Å². The molecule has 0 atom stereocenters. The maximum atomic E-state index is 12.6. The molecule has 0 N–H and O–H groups in total. The van der Waals surface area contributed by atoms with Gasteiger partial charge in [-0.3, -0.25) is 9.10 Å². The summed E-state index contributed by atoms with van der Waals surface area (Å²) >= 11 is 0. The summed E-state index contributed by atoms with van der Waals surface area (Å²) in [6.07, 6.45) is 1.74. The standard InChI is InChI=1S/C24H30N4O5S/c1-17-9-6-12-21(18(17)2)28(34(5,30)31)14-8-13-23(29)27(3)16-22-25-24(26-33-22)19-10-7-11-20(15-19)32-4/h6-7,9-12,15H,8,13-14,16H2,1-5H3. The van der Waals surface area contributed by atoms with Crippen LogP contribution in [0.2, 0.25) is 0 Å². The lowest BCUT2D eigenvalue weighted by molar-refractivity contribution is -0.130. The Kier molecular flexibility index (Phi) is 7.93. The normalized spacial score (nSPS) is 11.3. The topological polar surface area (TPSA) is 106 Å². The Hall–Kier alpha value is -3.40. The van der Waals surface area contributed by atoms with Crippen LogP contribution in [0.15, 0.2) is 47.0 Å². The number of ether oxygens (including phenoxy) is 1. The van der Waals surface area contributed by atoms with Crippen LogP contribution in [0, 0.1) is 13.8 Å². The van der Waals surface area contributed by atoms with Gasteiger partial charge in [-0.2, -0.15) is 4.98 Å². The Balaban J connectivity index is 1.59. The van der Waals surface area contributed by atoms with Crippen LogP contribution in [0.4, 0.5) is 5.69 Å². The predicted molar refractivity (Wildman–Crippen MR) is 130 cm³/mol. The van der Waals surface area contributed by atoms with Crippen molar-refractivity contribution in [2.75, 3.05) is 31.3 Å². The maximum absolute atomic E-state index is 12.6. The molecule has 9 nitrogen and oxygen atoms in total. The van der Waals surface area contributed by atoms with E-state index in [4.69, 9.17) is 9.26 Å². The van der Waals surface area contributed by atoms with Gasteiger partial charge in [-0.15, -0.1) is 0 Å². The highest BCUT2D eigenvalue weighted by Crippen LogP contribution is 2.25. The Morgan fingerprint density at radius 2 is 1.88 bits per heavy atom. The molecule has 0 aliphatic rings. The smallest absolute Gasteiger partial charge is 0.246 e. The first-order valence-corrected chi connectivity index (χ1v) is 12.7. The molecule has 0 radical (unpaired) electrons. The molecule has 0 aliphatic heterocycles. The summed E-state index contributed by atoms with van der Waals surface area (Å²) in [5.74, 6) is 1.25. The van der Waals surface area contributed by atoms with Crippen LogP contribution in [0.3, 0.4) is 0 Å². The molecule has 3 aromatic rings. The first-order chi connectivity index (χ1) is 16.1. The Labute approximate surface area is 200 Å². The fourth-order valence-corrected chi connectivity index (χ4v) is 4.54. The molecule has 0 saturated heterocycles. The second kappa shape index (κ2) is 10.7. The third-order valence-corrected chi connectivity index (χ3v) is 6.77. The summed E-state index contributed by atoms with van der Waals surface area (Å²) in [5, 5.41) is 3.98. The number of methoxy groups -OCH3 is 1. The summed E-state index contributed by atoms with van der Waals surface area (Å²) in [7, 11) is -0.255. The van der Waals surface area contributed by atoms with Crippen LogP contribution in [-0.2, 0) is 21.4 Å². The van der Waals surface area contributed by atoms with Crippen LogP contribution in [-0.4, -0.2) is 56.3 Å². The summed E-state index contributed by atoms with van der Waals surface area (Å²) < 4.78 is 36.7. The van der Waals surface area contributed by atoms with Crippen molar-refractivity contribution in [2.24, 2.45) is 0 Å². The van der Waals surface area contributed by atoms with Crippen molar-refractivity contribution in [1.82, 2.24) is 15.0 Å². The zero-order chi connectivity index (χ0) is 24.9. The third kappa shape index (κ3) is 6.13. The molecule has 0 fully saturated rings. The number of amides is 1. The number of hydrogen-bond donors (Lipinski definition) is 0. The molecule has 1 amide bonds. The molecule has 0 aliphatic carbocycles. The molecule has 0 unspecified atom stereocenters. The molecular formula is C24H30N4O5S. The quantitative estimate of drug-likeness (QED) is 0.431. The largest absolute Gasteiger partial charge is 0.497 e. The SMILES string of the molecule is COc1cccc(-c2noc(CN(C)C(=O)CCCN(c3cccc(C)c3C)S(C)(=O)=O)n2)c1. The molecule has 10 heteroatoms. The number of sulfonamides is 1. The van der Waals surface area contributed by atoms with Crippen molar-refractivity contribution in [3.05, 3.63) is 59.5 Å². The minimum Gasteiger partial charge on any atom is -0.497 e. The van der Waals surface area contributed by atoms with Gasteiger partial charge in [-0.05, 0) is 49.6 Å². The van der Waals surface area contributed by atoms with Gasteiger partial charge in [0.1, 0.15) is 5.75 Å². The molecular weight excluding hydrogens is 456 g/mol. The number of benzene rings is 2. The van der Waals surface area contributed by atoms with E-state index in [-0.39, 0.29) is 25.4 Å². The van der Waals surface area contributed by atoms with Crippen molar-refractivity contribution in [2.45, 2.75) is 33.2 Å². The van der Waals surface area contributed by atoms with E-state index < -0.39 is 10.0 Å². The molecule has 0 bridgehead atoms. The van der Waals surface area contributed by atoms with Gasteiger partial charge in [0, 0.05) is 25.6 Å². The Morgan fingerprint density at radius 3 is 2.59 bits per heavy atom. The Morgan fingerprint density at radius 1 is 1.15 bits per heavy atom. The second-order valence-corrected chi connectivity index (χ2v) is 10.1. The van der Waals surface area contributed by atoms with Gasteiger partial charge in [0.25, 0.3) is 0 Å². The van der Waals surface area contributed by atoms with E-state index >= 15 is 0 Å². The van der Waals surface area contributed by atoms with E-state index in [0.717, 1.165) is 16.7 Å². The first-order valence-electron chi connectivity index (χ1n) is 10.8. The van der Waals surface area contributed by atoms with E-state index in [1.54, 1.807) is 26.3 Å². The minimum absolute atomic E-state index is 0.143. The van der Waals surface area contributed by atoms with Gasteiger partial charge in [0.2, 0.25) is 27.6 Å². The van der Waals surface area contributed by atoms with Crippen LogP contribution in [0.5, 0.6) is 5.75 Å². The summed E-state index contributed by atoms with van der Waals surface area (Å²) in [5.41, 5.74) is 3.30. The molecule has 34 heavy (non-hydrogen) atoms. The van der Waals surface area contributed by atoms with Crippen molar-refractivity contribution < 1.29 is 22.5 Å². The molecule has 1 aromatic heterocycles. The number of rotatable bonds is 10. The van der Waals surface area contributed by atoms with Gasteiger partial charge in [0.15, 0.2) is 0 Å². The highest BCUT2D eigenvalue weighted by molar-refractivity contribution is 7.92. The number of anilines is 1. The molecule has 0 saturated carbocycles. The van der Waals surface area contributed by atoms with Gasteiger partial charge in [-0.1, -0.05) is 29.4 Å². The number of aryl methyl sites for hydroxylation is 1. The van der Waals surface area contributed by atoms with E-state index in [0.29, 0.717) is 29.6 Å². The highest BCUT2D eigenvalue weighted by atomic mass is 32.2. The van der Waals surface area contributed by atoms with E-state index in [2.05, 4.69) is 10.1 Å². The van der Waals surface area contributed by atoms with Crippen molar-refractivity contribution in [3.63, 3.8) is 0 Å². The number of nitrogens with zero attached hydrogens (tertiary/aromatic N) is 4. The third-order valence-electron chi connectivity index (χ3n) is 5.59. The molecule has 3 rings (SSSR count). The van der Waals surface area contributed by atoms with Crippen molar-refractivity contribution in [3.8, 4) is 17.1 Å².